The first-order valence-electron chi connectivity index (χ1n) is 7.85. The van der Waals surface area contributed by atoms with Crippen molar-refractivity contribution in [2.75, 3.05) is 24.5 Å². The number of nitrogens with two attached hydrogens (primary N) is 1. The van der Waals surface area contributed by atoms with E-state index in [4.69, 9.17) is 5.73 Å². The summed E-state index contributed by atoms with van der Waals surface area (Å²) in [6, 6.07) is 6.64. The lowest BCUT2D eigenvalue weighted by Crippen LogP contribution is -2.26. The maximum absolute atomic E-state index is 5.77. The molecule has 2 N–H and O–H groups in total. The molecule has 0 bridgehead atoms. The van der Waals surface area contributed by atoms with Crippen LogP contribution in [-0.4, -0.2) is 19.6 Å². The average Bonchev–Trinajstić information content (AvgIpc) is 2.65. The summed E-state index contributed by atoms with van der Waals surface area (Å²) in [6.45, 7) is 7.80. The van der Waals surface area contributed by atoms with Gasteiger partial charge in [-0.2, -0.15) is 0 Å². The van der Waals surface area contributed by atoms with Crippen LogP contribution in [0.1, 0.15) is 38.7 Å². The molecule has 0 aromatic heterocycles. The van der Waals surface area contributed by atoms with Crippen LogP contribution in [0.5, 0.6) is 0 Å². The second kappa shape index (κ2) is 7.46. The normalized spacial score (nSPS) is 20.2. The molecule has 1 aromatic rings. The monoisotopic (exact) mass is 338 g/mol. The Labute approximate surface area is 131 Å². The molecule has 3 heteroatoms. The molecule has 1 aliphatic heterocycles. The van der Waals surface area contributed by atoms with Gasteiger partial charge in [-0.05, 0) is 67.8 Å². The molecule has 0 aliphatic carbocycles. The third-order valence-electron chi connectivity index (χ3n) is 4.51. The minimum atomic E-state index is 0.714. The molecule has 2 rings (SSSR count). The van der Waals surface area contributed by atoms with Crippen molar-refractivity contribution in [3.63, 3.8) is 0 Å². The van der Waals surface area contributed by atoms with Crippen molar-refractivity contribution in [3.05, 3.63) is 28.2 Å². The molecule has 1 saturated heterocycles. The molecule has 1 aromatic carbocycles. The third-order valence-corrected chi connectivity index (χ3v) is 5.00. The Morgan fingerprint density at radius 2 is 2.10 bits per heavy atom. The molecule has 1 aliphatic rings. The molecular weight excluding hydrogens is 312 g/mol. The maximum Gasteiger partial charge on any atom is 0.0400 e. The van der Waals surface area contributed by atoms with Crippen molar-refractivity contribution in [3.8, 4) is 0 Å². The minimum absolute atomic E-state index is 0.714. The third kappa shape index (κ3) is 3.98. The van der Waals surface area contributed by atoms with E-state index in [1.54, 1.807) is 0 Å². The summed E-state index contributed by atoms with van der Waals surface area (Å²) in [5.74, 6) is 1.69. The van der Waals surface area contributed by atoms with E-state index in [1.165, 1.54) is 43.6 Å². The molecule has 1 heterocycles. The molecule has 1 fully saturated rings. The van der Waals surface area contributed by atoms with Crippen LogP contribution in [0.15, 0.2) is 22.7 Å². The van der Waals surface area contributed by atoms with Crippen molar-refractivity contribution >= 4 is 21.6 Å². The topological polar surface area (TPSA) is 29.3 Å². The summed E-state index contributed by atoms with van der Waals surface area (Å²) in [7, 11) is 0. The highest BCUT2D eigenvalue weighted by Crippen LogP contribution is 2.30. The Balaban J connectivity index is 2.14. The molecule has 0 radical (unpaired) electrons. The van der Waals surface area contributed by atoms with Crippen molar-refractivity contribution in [1.82, 2.24) is 0 Å². The second-order valence-electron chi connectivity index (χ2n) is 6.23. The zero-order valence-electron chi connectivity index (χ0n) is 12.7. The lowest BCUT2D eigenvalue weighted by atomic mass is 9.89. The Morgan fingerprint density at radius 1 is 1.30 bits per heavy atom. The van der Waals surface area contributed by atoms with Gasteiger partial charge < -0.3 is 10.6 Å². The van der Waals surface area contributed by atoms with Crippen molar-refractivity contribution in [2.45, 2.75) is 39.5 Å². The molecule has 0 saturated carbocycles. The Morgan fingerprint density at radius 3 is 2.80 bits per heavy atom. The quantitative estimate of drug-likeness (QED) is 0.890. The van der Waals surface area contributed by atoms with Gasteiger partial charge in [-0.15, -0.1) is 0 Å². The molecule has 1 atom stereocenters. The van der Waals surface area contributed by atoms with Crippen LogP contribution in [-0.2, 0) is 6.42 Å². The molecule has 20 heavy (non-hydrogen) atoms. The summed E-state index contributed by atoms with van der Waals surface area (Å²) in [5.41, 5.74) is 8.54. The number of anilines is 1. The van der Waals surface area contributed by atoms with Gasteiger partial charge in [0.25, 0.3) is 0 Å². The Kier molecular flexibility index (Phi) is 5.91. The Bertz CT molecular complexity index is 431. The van der Waals surface area contributed by atoms with E-state index in [1.807, 2.05) is 0 Å². The predicted molar refractivity (Wildman–Crippen MR) is 91.3 cm³/mol. The standard InChI is InChI=1S/C17H27BrN2/c1-13(2)14-4-3-10-20(11-8-14)17-6-5-16(18)12-15(17)7-9-19/h5-6,12-14H,3-4,7-11,19H2,1-2H3. The van der Waals surface area contributed by atoms with Gasteiger partial charge in [0, 0.05) is 23.2 Å². The summed E-state index contributed by atoms with van der Waals surface area (Å²) in [5, 5.41) is 0. The number of halogens is 1. The predicted octanol–water partition coefficient (Wildman–Crippen LogP) is 4.21. The number of rotatable bonds is 4. The van der Waals surface area contributed by atoms with Crippen LogP contribution in [0.2, 0.25) is 0 Å². The van der Waals surface area contributed by atoms with E-state index < -0.39 is 0 Å². The fourth-order valence-electron chi connectivity index (χ4n) is 3.25. The van der Waals surface area contributed by atoms with Gasteiger partial charge in [0.15, 0.2) is 0 Å². The van der Waals surface area contributed by atoms with Crippen LogP contribution < -0.4 is 10.6 Å². The van der Waals surface area contributed by atoms with Crippen LogP contribution in [0, 0.1) is 11.8 Å². The van der Waals surface area contributed by atoms with E-state index in [2.05, 4.69) is 52.9 Å². The van der Waals surface area contributed by atoms with Crippen LogP contribution >= 0.6 is 15.9 Å². The van der Waals surface area contributed by atoms with Gasteiger partial charge in [-0.25, -0.2) is 0 Å². The first-order chi connectivity index (χ1) is 9.61. The first-order valence-corrected chi connectivity index (χ1v) is 8.64. The molecule has 0 spiro atoms. The smallest absolute Gasteiger partial charge is 0.0400 e. The lowest BCUT2D eigenvalue weighted by molar-refractivity contribution is 0.351. The zero-order valence-corrected chi connectivity index (χ0v) is 14.3. The van der Waals surface area contributed by atoms with Crippen molar-refractivity contribution in [1.29, 1.82) is 0 Å². The van der Waals surface area contributed by atoms with Gasteiger partial charge in [0.1, 0.15) is 0 Å². The SMILES string of the molecule is CC(C)C1CCCN(c2ccc(Br)cc2CCN)CC1. The average molecular weight is 339 g/mol. The van der Waals surface area contributed by atoms with Gasteiger partial charge in [-0.3, -0.25) is 0 Å². The Hall–Kier alpha value is -0.540. The van der Waals surface area contributed by atoms with Crippen molar-refractivity contribution < 1.29 is 0 Å². The molecule has 0 amide bonds. The number of hydrogen-bond donors (Lipinski definition) is 1. The maximum atomic E-state index is 5.77. The first kappa shape index (κ1) is 15.8. The van der Waals surface area contributed by atoms with Crippen molar-refractivity contribution in [2.24, 2.45) is 17.6 Å². The van der Waals surface area contributed by atoms with Gasteiger partial charge in [0.2, 0.25) is 0 Å². The van der Waals surface area contributed by atoms with Crippen LogP contribution in [0.25, 0.3) is 0 Å². The summed E-state index contributed by atoms with van der Waals surface area (Å²) in [4.78, 5) is 2.57. The fourth-order valence-corrected chi connectivity index (χ4v) is 3.66. The van der Waals surface area contributed by atoms with Crippen LogP contribution in [0.3, 0.4) is 0 Å². The number of hydrogen-bond acceptors (Lipinski definition) is 2. The van der Waals surface area contributed by atoms with Gasteiger partial charge in [0.05, 0.1) is 0 Å². The zero-order chi connectivity index (χ0) is 14.5. The highest BCUT2D eigenvalue weighted by molar-refractivity contribution is 9.10. The van der Waals surface area contributed by atoms with E-state index in [0.717, 1.165) is 22.7 Å². The fraction of sp³-hybridized carbons (Fsp3) is 0.647. The highest BCUT2D eigenvalue weighted by Gasteiger charge is 2.20. The molecule has 112 valence electrons. The number of nitrogens with zero attached hydrogens (tertiary/aromatic N) is 1. The van der Waals surface area contributed by atoms with E-state index in [9.17, 15) is 0 Å². The van der Waals surface area contributed by atoms with E-state index >= 15 is 0 Å². The van der Waals surface area contributed by atoms with E-state index in [0.29, 0.717) is 6.54 Å². The lowest BCUT2D eigenvalue weighted by Gasteiger charge is -2.26. The second-order valence-corrected chi connectivity index (χ2v) is 7.15. The molecular formula is C17H27BrN2. The largest absolute Gasteiger partial charge is 0.371 e. The summed E-state index contributed by atoms with van der Waals surface area (Å²) >= 11 is 3.58. The highest BCUT2D eigenvalue weighted by atomic mass is 79.9. The summed E-state index contributed by atoms with van der Waals surface area (Å²) < 4.78 is 1.15. The van der Waals surface area contributed by atoms with Gasteiger partial charge >= 0.3 is 0 Å². The summed E-state index contributed by atoms with van der Waals surface area (Å²) in [6.07, 6.45) is 4.95. The van der Waals surface area contributed by atoms with E-state index in [-0.39, 0.29) is 0 Å². The molecule has 2 nitrogen and oxygen atoms in total. The van der Waals surface area contributed by atoms with Crippen LogP contribution in [0.4, 0.5) is 5.69 Å². The molecule has 1 unspecified atom stereocenters. The van der Waals surface area contributed by atoms with Gasteiger partial charge in [-0.1, -0.05) is 29.8 Å². The number of benzene rings is 1. The minimum Gasteiger partial charge on any atom is -0.371 e.